The van der Waals surface area contributed by atoms with Crippen molar-refractivity contribution in [2.75, 3.05) is 11.9 Å². The Morgan fingerprint density at radius 1 is 1.58 bits per heavy atom. The summed E-state index contributed by atoms with van der Waals surface area (Å²) in [4.78, 5) is 0. The first kappa shape index (κ1) is 8.53. The van der Waals surface area contributed by atoms with Crippen molar-refractivity contribution in [3.05, 3.63) is 5.89 Å². The number of nitrogens with one attached hydrogen (secondary N) is 1. The average molecular weight is 166 g/mol. The van der Waals surface area contributed by atoms with Crippen LogP contribution in [0.1, 0.15) is 18.7 Å². The summed E-state index contributed by atoms with van der Waals surface area (Å²) in [6.45, 7) is 2.42. The lowest BCUT2D eigenvalue weighted by atomic mass is 10.3. The number of rotatable bonds is 4. The molecular formula is C7H10N4O. The molecule has 0 unspecified atom stereocenters. The Morgan fingerprint density at radius 3 is 3.00 bits per heavy atom. The smallest absolute Gasteiger partial charge is 0.315 e. The molecule has 0 bridgehead atoms. The molecule has 12 heavy (non-hydrogen) atoms. The van der Waals surface area contributed by atoms with Gasteiger partial charge in [-0.15, -0.1) is 5.10 Å². The summed E-state index contributed by atoms with van der Waals surface area (Å²) >= 11 is 0. The summed E-state index contributed by atoms with van der Waals surface area (Å²) in [5.74, 6) is 0.540. The molecule has 0 aliphatic heterocycles. The van der Waals surface area contributed by atoms with Crippen molar-refractivity contribution in [3.63, 3.8) is 0 Å². The van der Waals surface area contributed by atoms with Crippen molar-refractivity contribution in [1.29, 1.82) is 5.26 Å². The van der Waals surface area contributed by atoms with E-state index in [2.05, 4.69) is 21.6 Å². The van der Waals surface area contributed by atoms with Gasteiger partial charge in [0.15, 0.2) is 0 Å². The fraction of sp³-hybridized carbons (Fsp3) is 0.571. The van der Waals surface area contributed by atoms with Crippen LogP contribution in [0.25, 0.3) is 0 Å². The van der Waals surface area contributed by atoms with Crippen LogP contribution in [0.3, 0.4) is 0 Å². The molecule has 0 saturated carbocycles. The van der Waals surface area contributed by atoms with Gasteiger partial charge in [-0.2, -0.15) is 5.26 Å². The minimum atomic E-state index is 0.422. The van der Waals surface area contributed by atoms with Gasteiger partial charge in [-0.1, -0.05) is 5.10 Å². The Labute approximate surface area is 70.4 Å². The highest BCUT2D eigenvalue weighted by Crippen LogP contribution is 2.03. The molecule has 0 atom stereocenters. The molecule has 64 valence electrons. The minimum absolute atomic E-state index is 0.422. The Hall–Kier alpha value is -1.57. The fourth-order valence-electron chi connectivity index (χ4n) is 0.731. The zero-order valence-corrected chi connectivity index (χ0v) is 6.87. The molecule has 0 radical (unpaired) electrons. The first-order chi connectivity index (χ1) is 5.83. The van der Waals surface area contributed by atoms with Crippen molar-refractivity contribution < 1.29 is 4.42 Å². The number of anilines is 1. The van der Waals surface area contributed by atoms with Crippen LogP contribution >= 0.6 is 0 Å². The van der Waals surface area contributed by atoms with Gasteiger partial charge in [0.2, 0.25) is 5.89 Å². The van der Waals surface area contributed by atoms with Gasteiger partial charge in [0.1, 0.15) is 0 Å². The van der Waals surface area contributed by atoms with Crippen molar-refractivity contribution >= 4 is 6.01 Å². The van der Waals surface area contributed by atoms with Gasteiger partial charge in [0.25, 0.3) is 0 Å². The first-order valence-electron chi connectivity index (χ1n) is 3.74. The summed E-state index contributed by atoms with van der Waals surface area (Å²) in [7, 11) is 0. The van der Waals surface area contributed by atoms with Crippen molar-refractivity contribution in [1.82, 2.24) is 10.2 Å². The summed E-state index contributed by atoms with van der Waals surface area (Å²) in [5, 5.41) is 18.5. The number of nitrogens with zero attached hydrogens (tertiary/aromatic N) is 3. The van der Waals surface area contributed by atoms with E-state index >= 15 is 0 Å². The largest absolute Gasteiger partial charge is 0.408 e. The maximum absolute atomic E-state index is 8.24. The second-order valence-electron chi connectivity index (χ2n) is 2.31. The average Bonchev–Trinajstić information content (AvgIpc) is 2.45. The van der Waals surface area contributed by atoms with Gasteiger partial charge >= 0.3 is 6.01 Å². The minimum Gasteiger partial charge on any atom is -0.408 e. The van der Waals surface area contributed by atoms with Crippen LogP contribution in [0, 0.1) is 18.3 Å². The highest BCUT2D eigenvalue weighted by atomic mass is 16.4. The van der Waals surface area contributed by atoms with E-state index in [1.54, 1.807) is 6.92 Å². The Bertz CT molecular complexity index is 275. The van der Waals surface area contributed by atoms with E-state index in [0.29, 0.717) is 24.9 Å². The van der Waals surface area contributed by atoms with Crippen molar-refractivity contribution in [2.24, 2.45) is 0 Å². The normalized spacial score (nSPS) is 9.33. The lowest BCUT2D eigenvalue weighted by molar-refractivity contribution is 0.530. The molecule has 1 aromatic rings. The molecule has 5 nitrogen and oxygen atoms in total. The molecule has 0 aliphatic carbocycles. The third-order valence-electron chi connectivity index (χ3n) is 1.27. The van der Waals surface area contributed by atoms with Crippen LogP contribution in [0.2, 0.25) is 0 Å². The van der Waals surface area contributed by atoms with Gasteiger partial charge < -0.3 is 9.73 Å². The zero-order chi connectivity index (χ0) is 8.81. The maximum atomic E-state index is 8.24. The number of aromatic nitrogens is 2. The highest BCUT2D eigenvalue weighted by Gasteiger charge is 1.98. The van der Waals surface area contributed by atoms with Crippen LogP contribution in [0.4, 0.5) is 6.01 Å². The summed E-state index contributed by atoms with van der Waals surface area (Å²) in [6.07, 6.45) is 1.33. The second kappa shape index (κ2) is 4.34. The molecule has 0 saturated heterocycles. The van der Waals surface area contributed by atoms with E-state index in [-0.39, 0.29) is 0 Å². The third kappa shape index (κ3) is 2.58. The van der Waals surface area contributed by atoms with Crippen LogP contribution in [0.5, 0.6) is 0 Å². The number of hydrogen-bond acceptors (Lipinski definition) is 5. The van der Waals surface area contributed by atoms with Crippen molar-refractivity contribution in [2.45, 2.75) is 19.8 Å². The molecule has 0 aliphatic rings. The molecule has 0 amide bonds. The first-order valence-corrected chi connectivity index (χ1v) is 3.74. The van der Waals surface area contributed by atoms with Crippen LogP contribution in [-0.4, -0.2) is 16.7 Å². The van der Waals surface area contributed by atoms with Gasteiger partial charge in [-0.3, -0.25) is 0 Å². The summed E-state index contributed by atoms with van der Waals surface area (Å²) in [5.41, 5.74) is 0. The van der Waals surface area contributed by atoms with Crippen LogP contribution in [0.15, 0.2) is 4.42 Å². The van der Waals surface area contributed by atoms with Crippen LogP contribution in [-0.2, 0) is 0 Å². The Balaban J connectivity index is 2.21. The van der Waals surface area contributed by atoms with Gasteiger partial charge in [-0.25, -0.2) is 0 Å². The number of hydrogen-bond donors (Lipinski definition) is 1. The lowest BCUT2D eigenvalue weighted by Gasteiger charge is -1.95. The van der Waals surface area contributed by atoms with Crippen molar-refractivity contribution in [3.8, 4) is 6.07 Å². The molecule has 5 heteroatoms. The number of unbranched alkanes of at least 4 members (excludes halogenated alkanes) is 1. The Kier molecular flexibility index (Phi) is 3.08. The quantitative estimate of drug-likeness (QED) is 0.678. The standard InChI is InChI=1S/C7H10N4O/c1-6-10-11-7(12-6)9-5-3-2-4-8/h2-3,5H2,1H3,(H,9,11). The van der Waals surface area contributed by atoms with E-state index in [0.717, 1.165) is 6.42 Å². The molecular weight excluding hydrogens is 156 g/mol. The summed E-state index contributed by atoms with van der Waals surface area (Å²) < 4.78 is 5.05. The number of nitriles is 1. The third-order valence-corrected chi connectivity index (χ3v) is 1.27. The maximum Gasteiger partial charge on any atom is 0.315 e. The zero-order valence-electron chi connectivity index (χ0n) is 6.87. The fourth-order valence-corrected chi connectivity index (χ4v) is 0.731. The molecule has 0 spiro atoms. The van der Waals surface area contributed by atoms with E-state index in [4.69, 9.17) is 9.68 Å². The van der Waals surface area contributed by atoms with Gasteiger partial charge in [-0.05, 0) is 6.42 Å². The molecule has 0 aromatic carbocycles. The van der Waals surface area contributed by atoms with Gasteiger partial charge in [0, 0.05) is 19.9 Å². The van der Waals surface area contributed by atoms with E-state index < -0.39 is 0 Å². The van der Waals surface area contributed by atoms with E-state index in [1.165, 1.54) is 0 Å². The lowest BCUT2D eigenvalue weighted by Crippen LogP contribution is -2.00. The van der Waals surface area contributed by atoms with E-state index in [9.17, 15) is 0 Å². The highest BCUT2D eigenvalue weighted by molar-refractivity contribution is 5.15. The van der Waals surface area contributed by atoms with Gasteiger partial charge in [0.05, 0.1) is 6.07 Å². The molecule has 0 fully saturated rings. The summed E-state index contributed by atoms with van der Waals surface area (Å²) in [6, 6.07) is 2.47. The SMILES string of the molecule is Cc1nnc(NCCCC#N)o1. The number of aryl methyl sites for hydroxylation is 1. The molecule has 1 aromatic heterocycles. The molecule has 1 N–H and O–H groups in total. The molecule has 1 rings (SSSR count). The van der Waals surface area contributed by atoms with Crippen LogP contribution < -0.4 is 5.32 Å². The van der Waals surface area contributed by atoms with E-state index in [1.807, 2.05) is 0 Å². The predicted octanol–water partition coefficient (Wildman–Crippen LogP) is 1.09. The topological polar surface area (TPSA) is 74.7 Å². The predicted molar refractivity (Wildman–Crippen MR) is 42.4 cm³/mol. The molecule has 1 heterocycles. The second-order valence-corrected chi connectivity index (χ2v) is 2.31. The Morgan fingerprint density at radius 2 is 2.42 bits per heavy atom. The monoisotopic (exact) mass is 166 g/mol.